The van der Waals surface area contributed by atoms with Gasteiger partial charge in [-0.3, -0.25) is 4.79 Å². The van der Waals surface area contributed by atoms with Crippen molar-refractivity contribution in [2.75, 3.05) is 21.1 Å². The molecule has 0 heterocycles. The average Bonchev–Trinajstić information content (AvgIpc) is 2.17. The Morgan fingerprint density at radius 2 is 1.71 bits per heavy atom. The maximum Gasteiger partial charge on any atom is 0.240 e. The normalized spacial score (nSPS) is 9.35. The SMILES string of the molecule is C=CC(N)=O.C[N+](C)(C)Cc1ccccc1.[Cl-]. The number of nitrogens with zero attached hydrogens (tertiary/aromatic N) is 1. The molecule has 0 spiro atoms. The summed E-state index contributed by atoms with van der Waals surface area (Å²) in [7, 11) is 6.60. The summed E-state index contributed by atoms with van der Waals surface area (Å²) in [6.07, 6.45) is 1.06. The molecular weight excluding hydrogens is 236 g/mol. The van der Waals surface area contributed by atoms with E-state index in [9.17, 15) is 4.79 Å². The fourth-order valence-electron chi connectivity index (χ4n) is 1.13. The van der Waals surface area contributed by atoms with E-state index >= 15 is 0 Å². The minimum absolute atomic E-state index is 0. The number of quaternary nitrogens is 1. The quantitative estimate of drug-likeness (QED) is 0.522. The largest absolute Gasteiger partial charge is 1.00 e. The van der Waals surface area contributed by atoms with E-state index in [-0.39, 0.29) is 12.4 Å². The van der Waals surface area contributed by atoms with Crippen molar-refractivity contribution in [1.82, 2.24) is 0 Å². The molecule has 0 fully saturated rings. The first kappa shape index (κ1) is 18.1. The van der Waals surface area contributed by atoms with Gasteiger partial charge < -0.3 is 22.6 Å². The van der Waals surface area contributed by atoms with Gasteiger partial charge in [-0.25, -0.2) is 0 Å². The molecule has 96 valence electrons. The number of carbonyl (C=O) groups is 1. The highest BCUT2D eigenvalue weighted by atomic mass is 35.5. The lowest BCUT2D eigenvalue weighted by molar-refractivity contribution is -0.884. The van der Waals surface area contributed by atoms with E-state index in [4.69, 9.17) is 0 Å². The van der Waals surface area contributed by atoms with Crippen LogP contribution in [0, 0.1) is 0 Å². The number of carbonyl (C=O) groups excluding carboxylic acids is 1. The van der Waals surface area contributed by atoms with Gasteiger partial charge in [-0.2, -0.15) is 0 Å². The van der Waals surface area contributed by atoms with Crippen molar-refractivity contribution in [3.8, 4) is 0 Å². The summed E-state index contributed by atoms with van der Waals surface area (Å²) in [6.45, 7) is 4.18. The van der Waals surface area contributed by atoms with E-state index < -0.39 is 5.91 Å². The van der Waals surface area contributed by atoms with Crippen LogP contribution in [0.25, 0.3) is 0 Å². The van der Waals surface area contributed by atoms with Crippen molar-refractivity contribution in [2.24, 2.45) is 5.73 Å². The van der Waals surface area contributed by atoms with Crippen LogP contribution >= 0.6 is 0 Å². The van der Waals surface area contributed by atoms with Gasteiger partial charge in [-0.15, -0.1) is 0 Å². The standard InChI is InChI=1S/C10H16N.C3H5NO.ClH/c1-11(2,3)9-10-7-5-4-6-8-10;1-2-3(4)5;/h4-8H,9H2,1-3H3;2H,1H2,(H2,4,5);1H/q+1;;/p-1. The molecule has 0 unspecified atom stereocenters. The van der Waals surface area contributed by atoms with E-state index in [0.717, 1.165) is 17.1 Å². The molecule has 0 radical (unpaired) electrons. The minimum atomic E-state index is -0.481. The molecule has 4 heteroatoms. The Morgan fingerprint density at radius 1 is 1.29 bits per heavy atom. The van der Waals surface area contributed by atoms with Gasteiger partial charge in [0, 0.05) is 5.56 Å². The van der Waals surface area contributed by atoms with Gasteiger partial charge >= 0.3 is 0 Å². The lowest BCUT2D eigenvalue weighted by atomic mass is 10.2. The highest BCUT2D eigenvalue weighted by molar-refractivity contribution is 5.84. The zero-order valence-electron chi connectivity index (χ0n) is 10.7. The second kappa shape index (κ2) is 8.79. The third-order valence-corrected chi connectivity index (χ3v) is 1.70. The second-order valence-corrected chi connectivity index (χ2v) is 4.54. The molecule has 1 aromatic rings. The number of hydrogen-bond donors (Lipinski definition) is 1. The lowest BCUT2D eigenvalue weighted by Crippen LogP contribution is -3.00. The summed E-state index contributed by atoms with van der Waals surface area (Å²) in [4.78, 5) is 9.47. The van der Waals surface area contributed by atoms with E-state index in [1.54, 1.807) is 0 Å². The molecule has 1 rings (SSSR count). The van der Waals surface area contributed by atoms with E-state index in [1.165, 1.54) is 5.56 Å². The third kappa shape index (κ3) is 12.6. The Hall–Kier alpha value is -1.32. The smallest absolute Gasteiger partial charge is 0.240 e. The topological polar surface area (TPSA) is 43.1 Å². The molecule has 0 aliphatic heterocycles. The predicted octanol–water partition coefficient (Wildman–Crippen LogP) is -1.45. The monoisotopic (exact) mass is 256 g/mol. The molecule has 0 saturated carbocycles. The molecule has 0 aromatic heterocycles. The number of hydrogen-bond acceptors (Lipinski definition) is 1. The Labute approximate surface area is 110 Å². The Kier molecular flexibility index (Phi) is 9.33. The van der Waals surface area contributed by atoms with Gasteiger partial charge in [0.2, 0.25) is 5.91 Å². The van der Waals surface area contributed by atoms with Crippen LogP contribution < -0.4 is 18.1 Å². The number of amides is 1. The molecule has 0 aliphatic rings. The van der Waals surface area contributed by atoms with Crippen molar-refractivity contribution in [1.29, 1.82) is 0 Å². The van der Waals surface area contributed by atoms with Crippen molar-refractivity contribution in [2.45, 2.75) is 6.54 Å². The molecule has 3 nitrogen and oxygen atoms in total. The summed E-state index contributed by atoms with van der Waals surface area (Å²) in [5.41, 5.74) is 5.94. The van der Waals surface area contributed by atoms with Crippen molar-refractivity contribution in [3.05, 3.63) is 48.6 Å². The van der Waals surface area contributed by atoms with E-state index in [1.807, 2.05) is 0 Å². The third-order valence-electron chi connectivity index (χ3n) is 1.70. The Morgan fingerprint density at radius 3 is 2.00 bits per heavy atom. The Balaban J connectivity index is 0. The van der Waals surface area contributed by atoms with Gasteiger partial charge in [0.25, 0.3) is 0 Å². The molecule has 0 aliphatic carbocycles. The zero-order valence-corrected chi connectivity index (χ0v) is 11.4. The molecule has 2 N–H and O–H groups in total. The Bertz CT molecular complexity index is 331. The number of benzene rings is 1. The van der Waals surface area contributed by atoms with Gasteiger partial charge in [0.1, 0.15) is 6.54 Å². The number of rotatable bonds is 3. The highest BCUT2D eigenvalue weighted by Gasteiger charge is 2.06. The summed E-state index contributed by atoms with van der Waals surface area (Å²) < 4.78 is 0.990. The van der Waals surface area contributed by atoms with Gasteiger partial charge in [0.05, 0.1) is 21.1 Å². The number of primary amides is 1. The zero-order chi connectivity index (χ0) is 12.6. The first-order valence-electron chi connectivity index (χ1n) is 5.11. The minimum Gasteiger partial charge on any atom is -1.00 e. The first-order chi connectivity index (χ1) is 7.35. The predicted molar refractivity (Wildman–Crippen MR) is 67.6 cm³/mol. The van der Waals surface area contributed by atoms with Crippen LogP contribution in [0.3, 0.4) is 0 Å². The first-order valence-corrected chi connectivity index (χ1v) is 5.11. The average molecular weight is 257 g/mol. The highest BCUT2D eigenvalue weighted by Crippen LogP contribution is 2.05. The molecule has 0 atom stereocenters. The molecule has 17 heavy (non-hydrogen) atoms. The summed E-state index contributed by atoms with van der Waals surface area (Å²) in [5.74, 6) is -0.481. The van der Waals surface area contributed by atoms with Crippen LogP contribution in [-0.2, 0) is 11.3 Å². The maximum atomic E-state index is 9.47. The summed E-state index contributed by atoms with van der Waals surface area (Å²) >= 11 is 0. The molecule has 0 saturated heterocycles. The van der Waals surface area contributed by atoms with Crippen molar-refractivity contribution in [3.63, 3.8) is 0 Å². The van der Waals surface area contributed by atoms with Crippen LogP contribution in [0.15, 0.2) is 43.0 Å². The van der Waals surface area contributed by atoms with Gasteiger partial charge in [-0.1, -0.05) is 36.9 Å². The number of nitrogens with two attached hydrogens (primary N) is 1. The van der Waals surface area contributed by atoms with Crippen LogP contribution in [0.4, 0.5) is 0 Å². The number of halogens is 1. The molecular formula is C13H21ClN2O. The summed E-state index contributed by atoms with van der Waals surface area (Å²) in [6, 6.07) is 10.6. The second-order valence-electron chi connectivity index (χ2n) is 4.54. The van der Waals surface area contributed by atoms with E-state index in [2.05, 4.69) is 63.8 Å². The molecule has 0 bridgehead atoms. The maximum absolute atomic E-state index is 9.47. The van der Waals surface area contributed by atoms with Crippen LogP contribution in [0.5, 0.6) is 0 Å². The summed E-state index contributed by atoms with van der Waals surface area (Å²) in [5, 5.41) is 0. The van der Waals surface area contributed by atoms with E-state index in [0.29, 0.717) is 0 Å². The van der Waals surface area contributed by atoms with Crippen molar-refractivity contribution >= 4 is 5.91 Å². The van der Waals surface area contributed by atoms with Crippen LogP contribution in [0.2, 0.25) is 0 Å². The lowest BCUT2D eigenvalue weighted by Gasteiger charge is -2.23. The molecule has 1 amide bonds. The van der Waals surface area contributed by atoms with Gasteiger partial charge in [-0.05, 0) is 6.08 Å². The fraction of sp³-hybridized carbons (Fsp3) is 0.308. The van der Waals surface area contributed by atoms with Crippen LogP contribution in [-0.4, -0.2) is 31.5 Å². The van der Waals surface area contributed by atoms with Crippen molar-refractivity contribution < 1.29 is 21.7 Å². The van der Waals surface area contributed by atoms with Crippen LogP contribution in [0.1, 0.15) is 5.56 Å². The fourth-order valence-corrected chi connectivity index (χ4v) is 1.13. The van der Waals surface area contributed by atoms with Gasteiger partial charge in [0.15, 0.2) is 0 Å². The molecule has 1 aromatic carbocycles.